The molecule has 154 valence electrons. The minimum atomic E-state index is -0.109. The first-order chi connectivity index (χ1) is 14.0. The molecular formula is C23H29N3O3. The number of aryl methyl sites for hydroxylation is 1. The molecule has 0 spiro atoms. The van der Waals surface area contributed by atoms with Crippen LogP contribution in [0.4, 0.5) is 10.5 Å². The van der Waals surface area contributed by atoms with E-state index in [-0.39, 0.29) is 17.9 Å². The predicted molar refractivity (Wildman–Crippen MR) is 114 cm³/mol. The lowest BCUT2D eigenvalue weighted by Gasteiger charge is -2.33. The number of hydrogen-bond acceptors (Lipinski definition) is 3. The molecule has 1 heterocycles. The van der Waals surface area contributed by atoms with Gasteiger partial charge in [-0.1, -0.05) is 35.9 Å². The second-order valence-electron chi connectivity index (χ2n) is 7.48. The number of carbonyl (C=O) groups excluding carboxylic acids is 2. The molecule has 3 amide bonds. The number of carbonyl (C=O) groups is 2. The number of likely N-dealkylation sites (tertiary alicyclic amines) is 1. The standard InChI is InChI=1S/C23H29N3O3/c1-18-8-10-21(11-9-18)29-17-16-25(2)22(27)19-12-14-26(15-13-19)23(28)24-20-6-4-3-5-7-20/h3-11,19H,12-17H2,1-2H3,(H,24,28). The zero-order valence-electron chi connectivity index (χ0n) is 17.1. The van der Waals surface area contributed by atoms with Gasteiger partial charge in [-0.3, -0.25) is 4.79 Å². The monoisotopic (exact) mass is 395 g/mol. The molecular weight excluding hydrogens is 366 g/mol. The van der Waals surface area contributed by atoms with Gasteiger partial charge in [-0.15, -0.1) is 0 Å². The number of nitrogens with one attached hydrogen (secondary N) is 1. The van der Waals surface area contributed by atoms with Crippen molar-refractivity contribution in [3.05, 3.63) is 60.2 Å². The Morgan fingerprint density at radius 1 is 1.07 bits per heavy atom. The normalized spacial score (nSPS) is 14.3. The van der Waals surface area contributed by atoms with E-state index in [2.05, 4.69) is 5.32 Å². The fourth-order valence-electron chi connectivity index (χ4n) is 3.41. The van der Waals surface area contributed by atoms with E-state index in [0.29, 0.717) is 39.1 Å². The summed E-state index contributed by atoms with van der Waals surface area (Å²) in [4.78, 5) is 28.6. The van der Waals surface area contributed by atoms with Crippen LogP contribution in [-0.4, -0.2) is 55.0 Å². The Morgan fingerprint density at radius 2 is 1.72 bits per heavy atom. The molecule has 0 saturated carbocycles. The van der Waals surface area contributed by atoms with E-state index in [1.165, 1.54) is 5.56 Å². The van der Waals surface area contributed by atoms with Crippen LogP contribution in [0.3, 0.4) is 0 Å². The Bertz CT molecular complexity index is 800. The molecule has 29 heavy (non-hydrogen) atoms. The van der Waals surface area contributed by atoms with Gasteiger partial charge >= 0.3 is 6.03 Å². The molecule has 1 N–H and O–H groups in total. The smallest absolute Gasteiger partial charge is 0.321 e. The molecule has 1 saturated heterocycles. The van der Waals surface area contributed by atoms with Gasteiger partial charge in [0.1, 0.15) is 12.4 Å². The van der Waals surface area contributed by atoms with Crippen molar-refractivity contribution >= 4 is 17.6 Å². The van der Waals surface area contributed by atoms with Gasteiger partial charge < -0.3 is 19.9 Å². The predicted octanol–water partition coefficient (Wildman–Crippen LogP) is 3.78. The second-order valence-corrected chi connectivity index (χ2v) is 7.48. The molecule has 0 radical (unpaired) electrons. The van der Waals surface area contributed by atoms with Crippen molar-refractivity contribution in [2.45, 2.75) is 19.8 Å². The van der Waals surface area contributed by atoms with Crippen LogP contribution in [0, 0.1) is 12.8 Å². The van der Waals surface area contributed by atoms with Crippen molar-refractivity contribution in [1.82, 2.24) is 9.80 Å². The van der Waals surface area contributed by atoms with Crippen LogP contribution in [0.2, 0.25) is 0 Å². The largest absolute Gasteiger partial charge is 0.492 e. The van der Waals surface area contributed by atoms with Crippen LogP contribution in [-0.2, 0) is 4.79 Å². The van der Waals surface area contributed by atoms with Crippen LogP contribution >= 0.6 is 0 Å². The molecule has 0 unspecified atom stereocenters. The maximum absolute atomic E-state index is 12.7. The Kier molecular flexibility index (Phi) is 7.11. The van der Waals surface area contributed by atoms with E-state index in [0.717, 1.165) is 11.4 Å². The van der Waals surface area contributed by atoms with Gasteiger partial charge in [0.2, 0.25) is 5.91 Å². The SMILES string of the molecule is Cc1ccc(OCCN(C)C(=O)C2CCN(C(=O)Nc3ccccc3)CC2)cc1. The molecule has 3 rings (SSSR count). The van der Waals surface area contributed by atoms with Gasteiger partial charge in [0.05, 0.1) is 6.54 Å². The highest BCUT2D eigenvalue weighted by Gasteiger charge is 2.29. The van der Waals surface area contributed by atoms with Gasteiger partial charge in [0, 0.05) is 31.7 Å². The van der Waals surface area contributed by atoms with Crippen molar-refractivity contribution < 1.29 is 14.3 Å². The fourth-order valence-corrected chi connectivity index (χ4v) is 3.41. The number of ether oxygens (including phenoxy) is 1. The number of rotatable bonds is 6. The number of benzene rings is 2. The lowest BCUT2D eigenvalue weighted by molar-refractivity contribution is -0.135. The van der Waals surface area contributed by atoms with Crippen LogP contribution in [0.25, 0.3) is 0 Å². The van der Waals surface area contributed by atoms with Crippen LogP contribution in [0.1, 0.15) is 18.4 Å². The zero-order chi connectivity index (χ0) is 20.6. The summed E-state index contributed by atoms with van der Waals surface area (Å²) in [6.45, 7) is 4.21. The maximum atomic E-state index is 12.7. The molecule has 1 fully saturated rings. The van der Waals surface area contributed by atoms with Gasteiger partial charge in [-0.25, -0.2) is 4.79 Å². The topological polar surface area (TPSA) is 61.9 Å². The summed E-state index contributed by atoms with van der Waals surface area (Å²) in [7, 11) is 1.81. The minimum Gasteiger partial charge on any atom is -0.492 e. The number of hydrogen-bond donors (Lipinski definition) is 1. The molecule has 2 aromatic rings. The zero-order valence-corrected chi connectivity index (χ0v) is 17.1. The Balaban J connectivity index is 1.39. The van der Waals surface area contributed by atoms with Gasteiger partial charge in [0.25, 0.3) is 0 Å². The lowest BCUT2D eigenvalue weighted by atomic mass is 9.95. The lowest BCUT2D eigenvalue weighted by Crippen LogP contribution is -2.45. The molecule has 0 aliphatic carbocycles. The molecule has 0 bridgehead atoms. The van der Waals surface area contributed by atoms with Crippen LogP contribution < -0.4 is 10.1 Å². The molecule has 6 nitrogen and oxygen atoms in total. The fraction of sp³-hybridized carbons (Fsp3) is 0.391. The number of para-hydroxylation sites is 1. The summed E-state index contributed by atoms with van der Waals surface area (Å²) in [5, 5.41) is 2.90. The van der Waals surface area contributed by atoms with E-state index < -0.39 is 0 Å². The molecule has 0 atom stereocenters. The second kappa shape index (κ2) is 9.96. The summed E-state index contributed by atoms with van der Waals surface area (Å²) in [5.74, 6) is 0.898. The van der Waals surface area contributed by atoms with Gasteiger partial charge in [-0.05, 0) is 44.0 Å². The van der Waals surface area contributed by atoms with E-state index in [9.17, 15) is 9.59 Å². The minimum absolute atomic E-state index is 0.0415. The summed E-state index contributed by atoms with van der Waals surface area (Å²) in [6, 6.07) is 17.2. The first kappa shape index (κ1) is 20.7. The molecule has 1 aliphatic heterocycles. The average Bonchev–Trinajstić information content (AvgIpc) is 2.75. The Morgan fingerprint density at radius 3 is 2.38 bits per heavy atom. The van der Waals surface area contributed by atoms with Crippen molar-refractivity contribution in [2.75, 3.05) is 38.6 Å². The number of amides is 3. The quantitative estimate of drug-likeness (QED) is 0.810. The maximum Gasteiger partial charge on any atom is 0.321 e. The molecule has 2 aromatic carbocycles. The van der Waals surface area contributed by atoms with Gasteiger partial charge in [0.15, 0.2) is 0 Å². The first-order valence-electron chi connectivity index (χ1n) is 10.1. The molecule has 1 aliphatic rings. The van der Waals surface area contributed by atoms with E-state index in [1.54, 1.807) is 9.80 Å². The van der Waals surface area contributed by atoms with Crippen LogP contribution in [0.5, 0.6) is 5.75 Å². The highest BCUT2D eigenvalue weighted by Crippen LogP contribution is 2.20. The third-order valence-electron chi connectivity index (χ3n) is 5.25. The van der Waals surface area contributed by atoms with E-state index in [4.69, 9.17) is 4.74 Å². The average molecular weight is 396 g/mol. The first-order valence-corrected chi connectivity index (χ1v) is 10.1. The van der Waals surface area contributed by atoms with Crippen LogP contribution in [0.15, 0.2) is 54.6 Å². The third-order valence-corrected chi connectivity index (χ3v) is 5.25. The Hall–Kier alpha value is -3.02. The summed E-state index contributed by atoms with van der Waals surface area (Å²) < 4.78 is 5.72. The summed E-state index contributed by atoms with van der Waals surface area (Å²) in [6.07, 6.45) is 1.37. The number of nitrogens with zero attached hydrogens (tertiary/aromatic N) is 2. The summed E-state index contributed by atoms with van der Waals surface area (Å²) >= 11 is 0. The van der Waals surface area contributed by atoms with Crippen molar-refractivity contribution in [1.29, 1.82) is 0 Å². The summed E-state index contributed by atoms with van der Waals surface area (Å²) in [5.41, 5.74) is 1.97. The van der Waals surface area contributed by atoms with Crippen molar-refractivity contribution in [3.8, 4) is 5.75 Å². The Labute approximate surface area is 172 Å². The highest BCUT2D eigenvalue weighted by molar-refractivity contribution is 5.89. The third kappa shape index (κ3) is 5.98. The number of piperidine rings is 1. The molecule has 0 aromatic heterocycles. The van der Waals surface area contributed by atoms with E-state index >= 15 is 0 Å². The number of anilines is 1. The van der Waals surface area contributed by atoms with Crippen molar-refractivity contribution in [3.63, 3.8) is 0 Å². The highest BCUT2D eigenvalue weighted by atomic mass is 16.5. The van der Waals surface area contributed by atoms with Gasteiger partial charge in [-0.2, -0.15) is 0 Å². The van der Waals surface area contributed by atoms with E-state index in [1.807, 2.05) is 68.6 Å². The number of urea groups is 1. The van der Waals surface area contributed by atoms with Crippen molar-refractivity contribution in [2.24, 2.45) is 5.92 Å². The molecule has 6 heteroatoms. The number of likely N-dealkylation sites (N-methyl/N-ethyl adjacent to an activating group) is 1.